The van der Waals surface area contributed by atoms with Crippen LogP contribution in [-0.2, 0) is 6.54 Å². The zero-order chi connectivity index (χ0) is 19.7. The molecule has 0 fully saturated rings. The van der Waals surface area contributed by atoms with Crippen LogP contribution in [0, 0.1) is 18.7 Å². The van der Waals surface area contributed by atoms with E-state index in [1.807, 2.05) is 20.8 Å². The molecule has 142 valence electrons. The lowest BCUT2D eigenvalue weighted by atomic mass is 10.1. The molecule has 2 heterocycles. The van der Waals surface area contributed by atoms with Crippen LogP contribution in [0.3, 0.4) is 0 Å². The lowest BCUT2D eigenvalue weighted by Gasteiger charge is -2.19. The molecule has 0 saturated heterocycles. The summed E-state index contributed by atoms with van der Waals surface area (Å²) in [5.41, 5.74) is 1.25. The fourth-order valence-electron chi connectivity index (χ4n) is 2.76. The van der Waals surface area contributed by atoms with Crippen molar-refractivity contribution in [2.45, 2.75) is 33.7 Å². The molecular weight excluding hydrogens is 390 g/mol. The molecule has 27 heavy (non-hydrogen) atoms. The van der Waals surface area contributed by atoms with Gasteiger partial charge in [-0.3, -0.25) is 4.79 Å². The molecule has 0 N–H and O–H groups in total. The zero-order valence-corrected chi connectivity index (χ0v) is 16.7. The Hall–Kier alpha value is -2.18. The second-order valence-corrected chi connectivity index (χ2v) is 7.30. The summed E-state index contributed by atoms with van der Waals surface area (Å²) in [6.07, 6.45) is 2.53. The minimum absolute atomic E-state index is 0.106. The van der Waals surface area contributed by atoms with Gasteiger partial charge in [0.1, 0.15) is 5.82 Å². The van der Waals surface area contributed by atoms with Crippen molar-refractivity contribution in [2.75, 3.05) is 0 Å². The van der Waals surface area contributed by atoms with Crippen molar-refractivity contribution < 1.29 is 4.39 Å². The molecule has 0 radical (unpaired) electrons. The molecule has 8 heteroatoms. The van der Waals surface area contributed by atoms with Crippen LogP contribution in [-0.4, -0.2) is 19.3 Å². The van der Waals surface area contributed by atoms with Crippen molar-refractivity contribution in [1.82, 2.24) is 19.3 Å². The molecule has 0 bridgehead atoms. The number of hydrogen-bond acceptors (Lipinski definition) is 3. The summed E-state index contributed by atoms with van der Waals surface area (Å²) in [6, 6.07) is 5.75. The van der Waals surface area contributed by atoms with E-state index in [-0.39, 0.29) is 27.5 Å². The molecule has 0 saturated carbocycles. The number of aryl methyl sites for hydroxylation is 1. The first kappa shape index (κ1) is 19.6. The number of aromatic nitrogens is 4. The predicted octanol–water partition coefficient (Wildman–Crippen LogP) is 4.90. The molecule has 3 rings (SSSR count). The van der Waals surface area contributed by atoms with Crippen molar-refractivity contribution >= 4 is 23.2 Å². The predicted molar refractivity (Wildman–Crippen MR) is 105 cm³/mol. The van der Waals surface area contributed by atoms with Gasteiger partial charge < -0.3 is 4.57 Å². The highest BCUT2D eigenvalue weighted by Crippen LogP contribution is 2.33. The molecule has 0 amide bonds. The summed E-state index contributed by atoms with van der Waals surface area (Å²) in [7, 11) is 0. The summed E-state index contributed by atoms with van der Waals surface area (Å²) < 4.78 is 16.4. The van der Waals surface area contributed by atoms with Crippen LogP contribution in [0.5, 0.6) is 0 Å². The molecule has 0 aliphatic heterocycles. The van der Waals surface area contributed by atoms with Gasteiger partial charge in [0.05, 0.1) is 16.4 Å². The highest BCUT2D eigenvalue weighted by atomic mass is 35.5. The highest BCUT2D eigenvalue weighted by molar-refractivity contribution is 6.35. The van der Waals surface area contributed by atoms with E-state index in [1.165, 1.54) is 22.9 Å². The fourth-order valence-corrected chi connectivity index (χ4v) is 3.30. The van der Waals surface area contributed by atoms with Crippen molar-refractivity contribution in [2.24, 2.45) is 5.92 Å². The van der Waals surface area contributed by atoms with E-state index < -0.39 is 5.82 Å². The van der Waals surface area contributed by atoms with E-state index in [1.54, 1.807) is 16.8 Å². The monoisotopic (exact) mass is 408 g/mol. The number of hydrogen-bond donors (Lipinski definition) is 0. The maximum Gasteiger partial charge on any atom is 0.296 e. The maximum atomic E-state index is 13.5. The van der Waals surface area contributed by atoms with E-state index in [9.17, 15) is 9.18 Å². The van der Waals surface area contributed by atoms with Gasteiger partial charge in [0.2, 0.25) is 5.82 Å². The van der Waals surface area contributed by atoms with Gasteiger partial charge in [-0.1, -0.05) is 43.5 Å². The number of benzene rings is 1. The third-order valence-corrected chi connectivity index (χ3v) is 5.00. The molecule has 1 atom stereocenters. The van der Waals surface area contributed by atoms with E-state index in [0.29, 0.717) is 17.8 Å². The van der Waals surface area contributed by atoms with Gasteiger partial charge in [0, 0.05) is 18.3 Å². The van der Waals surface area contributed by atoms with Crippen LogP contribution in [0.4, 0.5) is 4.39 Å². The van der Waals surface area contributed by atoms with Gasteiger partial charge in [-0.05, 0) is 37.1 Å². The van der Waals surface area contributed by atoms with E-state index >= 15 is 0 Å². The zero-order valence-electron chi connectivity index (χ0n) is 15.2. The van der Waals surface area contributed by atoms with Crippen molar-refractivity contribution in [3.05, 3.63) is 62.5 Å². The average molecular weight is 409 g/mol. The Morgan fingerprint density at radius 2 is 2.00 bits per heavy atom. The van der Waals surface area contributed by atoms with Crippen LogP contribution in [0.2, 0.25) is 10.2 Å². The van der Waals surface area contributed by atoms with Gasteiger partial charge in [-0.25, -0.2) is 14.1 Å². The number of halogens is 3. The third-order valence-electron chi connectivity index (χ3n) is 4.42. The first-order valence-electron chi connectivity index (χ1n) is 8.60. The topological polar surface area (TPSA) is 52.7 Å². The molecule has 2 aromatic heterocycles. The Labute approximate surface area is 166 Å². The number of rotatable bonds is 5. The summed E-state index contributed by atoms with van der Waals surface area (Å²) in [6.45, 7) is 6.33. The molecule has 0 spiro atoms. The van der Waals surface area contributed by atoms with Gasteiger partial charge in [0.15, 0.2) is 5.15 Å². The van der Waals surface area contributed by atoms with E-state index in [4.69, 9.17) is 23.2 Å². The smallest absolute Gasteiger partial charge is 0.296 e. The molecule has 0 aliphatic carbocycles. The van der Waals surface area contributed by atoms with Crippen molar-refractivity contribution in [3.8, 4) is 17.1 Å². The van der Waals surface area contributed by atoms with Crippen molar-refractivity contribution in [1.29, 1.82) is 0 Å². The van der Waals surface area contributed by atoms with Crippen LogP contribution in [0.15, 0.2) is 35.3 Å². The number of nitrogens with zero attached hydrogens (tertiary/aromatic N) is 4. The minimum Gasteiger partial charge on any atom is -0.302 e. The van der Waals surface area contributed by atoms with Crippen LogP contribution < -0.4 is 5.56 Å². The SMILES string of the molecule is CCC(C)Cn1c(-c2ccc(F)cc2Cl)c(Cl)nc(-n2ccc(C)n2)c1=O. The van der Waals surface area contributed by atoms with Crippen molar-refractivity contribution in [3.63, 3.8) is 0 Å². The summed E-state index contributed by atoms with van der Waals surface area (Å²) >= 11 is 12.7. The van der Waals surface area contributed by atoms with E-state index in [0.717, 1.165) is 12.1 Å². The minimum atomic E-state index is -0.465. The third kappa shape index (κ3) is 3.92. The standard InChI is InChI=1S/C19H19Cl2FN4O/c1-4-11(2)10-25-16(14-6-5-13(22)9-15(14)20)17(21)23-18(19(25)27)26-8-7-12(3)24-26/h5-9,11H,4,10H2,1-3H3. The summed E-state index contributed by atoms with van der Waals surface area (Å²) in [5.74, 6) is -0.142. The second-order valence-electron chi connectivity index (χ2n) is 6.53. The van der Waals surface area contributed by atoms with Crippen LogP contribution >= 0.6 is 23.2 Å². The largest absolute Gasteiger partial charge is 0.302 e. The highest BCUT2D eigenvalue weighted by Gasteiger charge is 2.21. The first-order chi connectivity index (χ1) is 12.8. The molecule has 1 aromatic carbocycles. The quantitative estimate of drug-likeness (QED) is 0.603. The van der Waals surface area contributed by atoms with Gasteiger partial charge >= 0.3 is 0 Å². The Bertz CT molecular complexity index is 1040. The molecule has 3 aromatic rings. The first-order valence-corrected chi connectivity index (χ1v) is 9.35. The van der Waals surface area contributed by atoms with E-state index in [2.05, 4.69) is 10.1 Å². The fraction of sp³-hybridized carbons (Fsp3) is 0.316. The molecule has 0 aliphatic rings. The normalized spacial score (nSPS) is 12.4. The van der Waals surface area contributed by atoms with Crippen LogP contribution in [0.1, 0.15) is 26.0 Å². The molecule has 1 unspecified atom stereocenters. The lowest BCUT2D eigenvalue weighted by molar-refractivity contribution is 0.460. The van der Waals surface area contributed by atoms with Gasteiger partial charge in [-0.2, -0.15) is 5.10 Å². The molecule has 5 nitrogen and oxygen atoms in total. The van der Waals surface area contributed by atoms with Crippen LogP contribution in [0.25, 0.3) is 17.1 Å². The average Bonchev–Trinajstić information content (AvgIpc) is 3.05. The summed E-state index contributed by atoms with van der Waals surface area (Å²) in [5, 5.41) is 4.53. The maximum absolute atomic E-state index is 13.5. The lowest BCUT2D eigenvalue weighted by Crippen LogP contribution is -2.30. The Morgan fingerprint density at radius 1 is 1.26 bits per heavy atom. The van der Waals surface area contributed by atoms with Gasteiger partial charge in [0.25, 0.3) is 5.56 Å². The van der Waals surface area contributed by atoms with Gasteiger partial charge in [-0.15, -0.1) is 0 Å². The summed E-state index contributed by atoms with van der Waals surface area (Å²) in [4.78, 5) is 17.5. The Balaban J connectivity index is 2.29. The second kappa shape index (κ2) is 7.82. The molecular formula is C19H19Cl2FN4O. The Morgan fingerprint density at radius 3 is 2.59 bits per heavy atom. The Kier molecular flexibility index (Phi) is 5.67.